The van der Waals surface area contributed by atoms with E-state index >= 15 is 0 Å². The van der Waals surface area contributed by atoms with Gasteiger partial charge < -0.3 is 5.11 Å². The fourth-order valence-corrected chi connectivity index (χ4v) is 2.30. The van der Waals surface area contributed by atoms with Crippen LogP contribution in [-0.2, 0) is 0 Å². The van der Waals surface area contributed by atoms with Crippen molar-refractivity contribution in [3.63, 3.8) is 0 Å². The molecule has 0 amide bonds. The van der Waals surface area contributed by atoms with Gasteiger partial charge in [-0.3, -0.25) is 0 Å². The molecule has 3 heteroatoms. The Kier molecular flexibility index (Phi) is 2.57. The van der Waals surface area contributed by atoms with Crippen molar-refractivity contribution in [1.29, 1.82) is 0 Å². The minimum Gasteiger partial charge on any atom is -0.478 e. The summed E-state index contributed by atoms with van der Waals surface area (Å²) < 4.78 is 0. The molecule has 0 atom stereocenters. The lowest BCUT2D eigenvalue weighted by molar-refractivity contribution is 0.0697. The topological polar surface area (TPSA) is 37.3 Å². The van der Waals surface area contributed by atoms with Gasteiger partial charge in [0, 0.05) is 0 Å². The van der Waals surface area contributed by atoms with Crippen LogP contribution in [0.1, 0.15) is 10.4 Å². The second kappa shape index (κ2) is 3.34. The molecule has 0 bridgehead atoms. The molecule has 70 valence electrons. The number of aromatic carboxylic acids is 1. The highest BCUT2D eigenvalue weighted by Gasteiger charge is 2.17. The van der Waals surface area contributed by atoms with Gasteiger partial charge in [0.2, 0.25) is 0 Å². The quantitative estimate of drug-likeness (QED) is 0.730. The predicted molar refractivity (Wildman–Crippen MR) is 56.4 cm³/mol. The maximum atomic E-state index is 10.7. The van der Waals surface area contributed by atoms with Gasteiger partial charge in [-0.25, -0.2) is 4.79 Å². The summed E-state index contributed by atoms with van der Waals surface area (Å²) >= 11 is 0. The highest BCUT2D eigenvalue weighted by atomic mass is 28.3. The first-order valence-corrected chi connectivity index (χ1v) is 7.75. The molecule has 2 nitrogen and oxygen atoms in total. The highest BCUT2D eigenvalue weighted by Crippen LogP contribution is 2.04. The summed E-state index contributed by atoms with van der Waals surface area (Å²) in [4.78, 5) is 10.7. The number of benzene rings is 1. The molecular formula is C10H14O2Si. The van der Waals surface area contributed by atoms with Crippen LogP contribution < -0.4 is 5.19 Å². The second-order valence-corrected chi connectivity index (χ2v) is 9.21. The zero-order valence-electron chi connectivity index (χ0n) is 8.16. The summed E-state index contributed by atoms with van der Waals surface area (Å²) in [7, 11) is -1.37. The molecule has 1 N–H and O–H groups in total. The van der Waals surface area contributed by atoms with Crippen molar-refractivity contribution in [1.82, 2.24) is 0 Å². The molecule has 0 aliphatic carbocycles. The lowest BCUT2D eigenvalue weighted by Crippen LogP contribution is -2.37. The van der Waals surface area contributed by atoms with E-state index < -0.39 is 14.0 Å². The Labute approximate surface area is 79.2 Å². The van der Waals surface area contributed by atoms with E-state index in [1.165, 1.54) is 5.19 Å². The predicted octanol–water partition coefficient (Wildman–Crippen LogP) is 1.93. The summed E-state index contributed by atoms with van der Waals surface area (Å²) in [6.45, 7) is 6.61. The van der Waals surface area contributed by atoms with Crippen molar-refractivity contribution in [2.75, 3.05) is 0 Å². The first-order chi connectivity index (χ1) is 5.91. The van der Waals surface area contributed by atoms with Crippen LogP contribution in [0.4, 0.5) is 0 Å². The smallest absolute Gasteiger partial charge is 0.335 e. The second-order valence-electron chi connectivity index (χ2n) is 4.14. The lowest BCUT2D eigenvalue weighted by atomic mass is 10.2. The van der Waals surface area contributed by atoms with Gasteiger partial charge in [-0.15, -0.1) is 0 Å². The third-order valence-electron chi connectivity index (χ3n) is 1.98. The Hall–Kier alpha value is -1.09. The van der Waals surface area contributed by atoms with Crippen LogP contribution in [0, 0.1) is 0 Å². The first-order valence-electron chi connectivity index (χ1n) is 4.25. The Balaban J connectivity index is 3.13. The average molecular weight is 194 g/mol. The van der Waals surface area contributed by atoms with Gasteiger partial charge in [0.15, 0.2) is 0 Å². The monoisotopic (exact) mass is 194 g/mol. The zero-order valence-corrected chi connectivity index (χ0v) is 9.16. The van der Waals surface area contributed by atoms with Crippen LogP contribution in [0.2, 0.25) is 19.6 Å². The van der Waals surface area contributed by atoms with E-state index in [0.717, 1.165) is 0 Å². The van der Waals surface area contributed by atoms with E-state index in [1.54, 1.807) is 12.1 Å². The number of hydrogen-bond donors (Lipinski definition) is 1. The Morgan fingerprint density at radius 2 is 1.92 bits per heavy atom. The lowest BCUT2D eigenvalue weighted by Gasteiger charge is -2.16. The summed E-state index contributed by atoms with van der Waals surface area (Å²) in [6, 6.07) is 7.25. The van der Waals surface area contributed by atoms with Crippen LogP contribution in [0.3, 0.4) is 0 Å². The summed E-state index contributed by atoms with van der Waals surface area (Å²) in [5.41, 5.74) is 0.389. The Morgan fingerprint density at radius 1 is 1.31 bits per heavy atom. The zero-order chi connectivity index (χ0) is 10.1. The fraction of sp³-hybridized carbons (Fsp3) is 0.300. The molecule has 0 spiro atoms. The molecule has 0 aliphatic rings. The SMILES string of the molecule is C[Si](C)(C)c1cccc(C(=O)O)c1. The molecular weight excluding hydrogens is 180 g/mol. The molecule has 0 heterocycles. The van der Waals surface area contributed by atoms with E-state index in [-0.39, 0.29) is 0 Å². The van der Waals surface area contributed by atoms with E-state index in [4.69, 9.17) is 5.11 Å². The third kappa shape index (κ3) is 2.42. The third-order valence-corrected chi connectivity index (χ3v) is 4.02. The van der Waals surface area contributed by atoms with Crippen LogP contribution in [0.25, 0.3) is 0 Å². The van der Waals surface area contributed by atoms with Gasteiger partial charge in [0.25, 0.3) is 0 Å². The molecule has 0 radical (unpaired) electrons. The Morgan fingerprint density at radius 3 is 2.38 bits per heavy atom. The minimum atomic E-state index is -1.37. The van der Waals surface area contributed by atoms with E-state index in [0.29, 0.717) is 5.56 Å². The minimum absolute atomic E-state index is 0.389. The summed E-state index contributed by atoms with van der Waals surface area (Å²) in [5.74, 6) is -0.847. The molecule has 0 saturated heterocycles. The molecule has 1 rings (SSSR count). The first kappa shape index (κ1) is 9.99. The van der Waals surface area contributed by atoms with Crippen molar-refractivity contribution >= 4 is 19.2 Å². The van der Waals surface area contributed by atoms with Crippen molar-refractivity contribution in [2.45, 2.75) is 19.6 Å². The van der Waals surface area contributed by atoms with Crippen molar-refractivity contribution < 1.29 is 9.90 Å². The van der Waals surface area contributed by atoms with Gasteiger partial charge in [0.1, 0.15) is 0 Å². The Bertz CT molecular complexity index is 326. The fourth-order valence-electron chi connectivity index (χ4n) is 1.12. The number of carbonyl (C=O) groups is 1. The number of hydrogen-bond acceptors (Lipinski definition) is 1. The summed E-state index contributed by atoms with van der Waals surface area (Å²) in [6.07, 6.45) is 0. The van der Waals surface area contributed by atoms with Crippen LogP contribution in [0.5, 0.6) is 0 Å². The van der Waals surface area contributed by atoms with Gasteiger partial charge in [-0.05, 0) is 12.1 Å². The van der Waals surface area contributed by atoms with Crippen LogP contribution in [0.15, 0.2) is 24.3 Å². The largest absolute Gasteiger partial charge is 0.478 e. The number of carboxylic acids is 1. The standard InChI is InChI=1S/C10H14O2Si/c1-13(2,3)9-6-4-5-8(7-9)10(11)12/h4-7H,1-3H3,(H,11,12). The normalized spacial score (nSPS) is 11.3. The molecule has 0 unspecified atom stereocenters. The van der Waals surface area contributed by atoms with E-state index in [9.17, 15) is 4.79 Å². The molecule has 1 aromatic carbocycles. The molecule has 0 aromatic heterocycles. The highest BCUT2D eigenvalue weighted by molar-refractivity contribution is 6.88. The van der Waals surface area contributed by atoms with Gasteiger partial charge in [0.05, 0.1) is 13.6 Å². The molecule has 1 aromatic rings. The van der Waals surface area contributed by atoms with Gasteiger partial charge in [-0.1, -0.05) is 37.0 Å². The maximum absolute atomic E-state index is 10.7. The van der Waals surface area contributed by atoms with Gasteiger partial charge >= 0.3 is 5.97 Å². The molecule has 0 aliphatic heterocycles. The summed E-state index contributed by atoms with van der Waals surface area (Å²) in [5, 5.41) is 9.98. The van der Waals surface area contributed by atoms with Crippen molar-refractivity contribution in [3.05, 3.63) is 29.8 Å². The van der Waals surface area contributed by atoms with E-state index in [2.05, 4.69) is 19.6 Å². The molecule has 0 saturated carbocycles. The maximum Gasteiger partial charge on any atom is 0.335 e. The molecule has 13 heavy (non-hydrogen) atoms. The number of carboxylic acid groups (broad SMARTS) is 1. The van der Waals surface area contributed by atoms with Crippen molar-refractivity contribution in [2.24, 2.45) is 0 Å². The van der Waals surface area contributed by atoms with Crippen molar-refractivity contribution in [3.8, 4) is 0 Å². The average Bonchev–Trinajstić information content (AvgIpc) is 2.03. The number of rotatable bonds is 2. The van der Waals surface area contributed by atoms with Gasteiger partial charge in [-0.2, -0.15) is 0 Å². The van der Waals surface area contributed by atoms with Crippen LogP contribution >= 0.6 is 0 Å². The van der Waals surface area contributed by atoms with Crippen LogP contribution in [-0.4, -0.2) is 19.1 Å². The molecule has 0 fully saturated rings. The van der Waals surface area contributed by atoms with E-state index in [1.807, 2.05) is 12.1 Å².